The number of benzene rings is 1. The van der Waals surface area contributed by atoms with E-state index < -0.39 is 5.97 Å². The molecule has 2 atom stereocenters. The van der Waals surface area contributed by atoms with E-state index in [0.29, 0.717) is 0 Å². The molecule has 4 heteroatoms. The van der Waals surface area contributed by atoms with E-state index in [1.165, 1.54) is 0 Å². The highest BCUT2D eigenvalue weighted by molar-refractivity contribution is 7.18. The molecule has 18 heavy (non-hydrogen) atoms. The van der Waals surface area contributed by atoms with E-state index in [-0.39, 0.29) is 11.8 Å². The maximum atomic E-state index is 11.2. The lowest BCUT2D eigenvalue weighted by atomic mass is 9.79. The molecule has 0 bridgehead atoms. The molecule has 1 aliphatic rings. The zero-order valence-electron chi connectivity index (χ0n) is 9.96. The summed E-state index contributed by atoms with van der Waals surface area (Å²) < 4.78 is 1.13. The maximum absolute atomic E-state index is 11.2. The molecule has 1 aromatic heterocycles. The molecular weight excluding hydrogens is 246 g/mol. The molecule has 0 amide bonds. The molecule has 0 spiro atoms. The van der Waals surface area contributed by atoms with Crippen molar-refractivity contribution in [3.05, 3.63) is 29.3 Å². The third kappa shape index (κ3) is 2.01. The lowest BCUT2D eigenvalue weighted by Crippen LogP contribution is -2.36. The minimum absolute atomic E-state index is 0.0427. The summed E-state index contributed by atoms with van der Waals surface area (Å²) >= 11 is 1.62. The van der Waals surface area contributed by atoms with E-state index in [1.807, 2.05) is 24.3 Å². The number of fused-ring (bicyclic) bond motifs is 1. The van der Waals surface area contributed by atoms with Crippen molar-refractivity contribution in [1.29, 1.82) is 0 Å². The van der Waals surface area contributed by atoms with Crippen LogP contribution < -0.4 is 5.11 Å². The van der Waals surface area contributed by atoms with Crippen molar-refractivity contribution in [2.24, 2.45) is 5.92 Å². The Kier molecular flexibility index (Phi) is 3.04. The van der Waals surface area contributed by atoms with Gasteiger partial charge in [-0.2, -0.15) is 0 Å². The van der Waals surface area contributed by atoms with Crippen LogP contribution >= 0.6 is 11.3 Å². The molecule has 1 aromatic carbocycles. The Balaban J connectivity index is 1.98. The van der Waals surface area contributed by atoms with Crippen LogP contribution in [0.3, 0.4) is 0 Å². The number of carboxylic acid groups (broad SMARTS) is 1. The Morgan fingerprint density at radius 1 is 1.28 bits per heavy atom. The zero-order chi connectivity index (χ0) is 12.5. The predicted octanol–water partition coefficient (Wildman–Crippen LogP) is 2.32. The average Bonchev–Trinajstić information content (AvgIpc) is 2.82. The van der Waals surface area contributed by atoms with Crippen molar-refractivity contribution in [2.45, 2.75) is 31.6 Å². The Morgan fingerprint density at radius 2 is 2.06 bits per heavy atom. The number of hydrogen-bond acceptors (Lipinski definition) is 4. The Bertz CT molecular complexity index is 545. The lowest BCUT2D eigenvalue weighted by Gasteiger charge is -2.30. The standard InChI is InChI=1S/C14H15NO2S/c16-14(17)10-6-2-1-5-9(10)13-15-11-7-3-4-8-12(11)18-13/h3-4,7-10H,1-2,5-6H2,(H,16,17)/p-1/t9-,10-/m1/s1. The van der Waals surface area contributed by atoms with Crippen molar-refractivity contribution >= 4 is 27.5 Å². The largest absolute Gasteiger partial charge is 0.550 e. The summed E-state index contributed by atoms with van der Waals surface area (Å²) in [7, 11) is 0. The molecule has 94 valence electrons. The van der Waals surface area contributed by atoms with Gasteiger partial charge in [0.25, 0.3) is 0 Å². The average molecular weight is 260 g/mol. The van der Waals surface area contributed by atoms with Crippen LogP contribution in [0.5, 0.6) is 0 Å². The maximum Gasteiger partial charge on any atom is 0.0976 e. The number of rotatable bonds is 2. The van der Waals surface area contributed by atoms with Gasteiger partial charge in [0, 0.05) is 17.8 Å². The number of carbonyl (C=O) groups excluding carboxylic acids is 1. The number of aromatic nitrogens is 1. The highest BCUT2D eigenvalue weighted by atomic mass is 32.1. The summed E-state index contributed by atoms with van der Waals surface area (Å²) in [6.07, 6.45) is 3.71. The van der Waals surface area contributed by atoms with E-state index >= 15 is 0 Å². The first-order valence-corrected chi connectivity index (χ1v) is 7.13. The quantitative estimate of drug-likeness (QED) is 0.832. The third-order valence-corrected chi connectivity index (χ3v) is 4.86. The Labute approximate surface area is 109 Å². The Hall–Kier alpha value is -1.42. The first-order valence-electron chi connectivity index (χ1n) is 6.32. The van der Waals surface area contributed by atoms with Gasteiger partial charge in [0.05, 0.1) is 15.2 Å². The fourth-order valence-corrected chi connectivity index (χ4v) is 3.92. The summed E-state index contributed by atoms with van der Waals surface area (Å²) in [4.78, 5) is 15.8. The molecule has 0 N–H and O–H groups in total. The van der Waals surface area contributed by atoms with Gasteiger partial charge in [-0.3, -0.25) is 0 Å². The topological polar surface area (TPSA) is 53.0 Å². The second-order valence-electron chi connectivity index (χ2n) is 4.84. The van der Waals surface area contributed by atoms with Crippen molar-refractivity contribution in [1.82, 2.24) is 4.98 Å². The second kappa shape index (κ2) is 4.69. The minimum Gasteiger partial charge on any atom is -0.550 e. The molecule has 1 saturated carbocycles. The van der Waals surface area contributed by atoms with Crippen LogP contribution in [0, 0.1) is 5.92 Å². The van der Waals surface area contributed by atoms with Crippen molar-refractivity contribution in [3.63, 3.8) is 0 Å². The summed E-state index contributed by atoms with van der Waals surface area (Å²) in [5.74, 6) is -1.24. The van der Waals surface area contributed by atoms with E-state index in [2.05, 4.69) is 4.98 Å². The van der Waals surface area contributed by atoms with Crippen LogP contribution in [0.15, 0.2) is 24.3 Å². The molecular formula is C14H14NO2S-. The van der Waals surface area contributed by atoms with Gasteiger partial charge in [-0.25, -0.2) is 4.98 Å². The molecule has 1 aliphatic carbocycles. The van der Waals surface area contributed by atoms with Crippen LogP contribution in [-0.4, -0.2) is 11.0 Å². The number of hydrogen-bond donors (Lipinski definition) is 0. The number of carbonyl (C=O) groups is 1. The van der Waals surface area contributed by atoms with E-state index in [4.69, 9.17) is 0 Å². The van der Waals surface area contributed by atoms with Crippen LogP contribution in [0.4, 0.5) is 0 Å². The summed E-state index contributed by atoms with van der Waals surface area (Å²) in [6.45, 7) is 0. The molecule has 1 heterocycles. The second-order valence-corrected chi connectivity index (χ2v) is 5.90. The summed E-state index contributed by atoms with van der Waals surface area (Å²) in [5, 5.41) is 12.2. The van der Waals surface area contributed by atoms with Gasteiger partial charge in [0.15, 0.2) is 0 Å². The third-order valence-electron chi connectivity index (χ3n) is 3.70. The van der Waals surface area contributed by atoms with Crippen molar-refractivity contribution < 1.29 is 9.90 Å². The molecule has 0 radical (unpaired) electrons. The molecule has 2 aromatic rings. The normalized spacial score (nSPS) is 24.2. The van der Waals surface area contributed by atoms with Gasteiger partial charge in [-0.15, -0.1) is 11.3 Å². The van der Waals surface area contributed by atoms with E-state index in [1.54, 1.807) is 11.3 Å². The fourth-order valence-electron chi connectivity index (χ4n) is 2.76. The van der Waals surface area contributed by atoms with Crippen LogP contribution in [0.25, 0.3) is 10.2 Å². The summed E-state index contributed by atoms with van der Waals surface area (Å²) in [6, 6.07) is 7.96. The molecule has 3 nitrogen and oxygen atoms in total. The lowest BCUT2D eigenvalue weighted by molar-refractivity contribution is -0.313. The number of para-hydroxylation sites is 1. The zero-order valence-corrected chi connectivity index (χ0v) is 10.8. The van der Waals surface area contributed by atoms with Crippen LogP contribution in [0.1, 0.15) is 36.6 Å². The monoisotopic (exact) mass is 260 g/mol. The van der Waals surface area contributed by atoms with Crippen molar-refractivity contribution in [3.8, 4) is 0 Å². The van der Waals surface area contributed by atoms with Gasteiger partial charge >= 0.3 is 0 Å². The molecule has 0 unspecified atom stereocenters. The molecule has 1 fully saturated rings. The Morgan fingerprint density at radius 3 is 2.83 bits per heavy atom. The van der Waals surface area contributed by atoms with E-state index in [9.17, 15) is 9.90 Å². The van der Waals surface area contributed by atoms with Gasteiger partial charge < -0.3 is 9.90 Å². The highest BCUT2D eigenvalue weighted by Crippen LogP contribution is 2.40. The first kappa shape index (κ1) is 11.7. The minimum atomic E-state index is -0.918. The summed E-state index contributed by atoms with van der Waals surface area (Å²) in [5.41, 5.74) is 0.972. The highest BCUT2D eigenvalue weighted by Gasteiger charge is 2.29. The van der Waals surface area contributed by atoms with Gasteiger partial charge in [-0.1, -0.05) is 25.0 Å². The molecule has 0 aliphatic heterocycles. The fraction of sp³-hybridized carbons (Fsp3) is 0.429. The van der Waals surface area contributed by atoms with Gasteiger partial charge in [0.2, 0.25) is 0 Å². The molecule has 0 saturated heterocycles. The van der Waals surface area contributed by atoms with Gasteiger partial charge in [-0.05, 0) is 25.0 Å². The molecule has 3 rings (SSSR count). The van der Waals surface area contributed by atoms with Crippen LogP contribution in [0.2, 0.25) is 0 Å². The SMILES string of the molecule is O=C([O-])[C@@H]1CCCC[C@H]1c1nc2ccccc2s1. The first-order chi connectivity index (χ1) is 8.75. The number of thiazole rings is 1. The number of carboxylic acids is 1. The van der Waals surface area contributed by atoms with Crippen LogP contribution in [-0.2, 0) is 4.79 Å². The van der Waals surface area contributed by atoms with E-state index in [0.717, 1.165) is 40.9 Å². The van der Waals surface area contributed by atoms with Crippen molar-refractivity contribution in [2.75, 3.05) is 0 Å². The predicted molar refractivity (Wildman–Crippen MR) is 69.3 cm³/mol. The smallest absolute Gasteiger partial charge is 0.0976 e. The van der Waals surface area contributed by atoms with Gasteiger partial charge in [0.1, 0.15) is 0 Å². The number of nitrogens with zero attached hydrogens (tertiary/aromatic N) is 1. The number of aliphatic carboxylic acids is 1.